The van der Waals surface area contributed by atoms with E-state index in [4.69, 9.17) is 0 Å². The highest BCUT2D eigenvalue weighted by molar-refractivity contribution is 7.18. The molecule has 5 nitrogen and oxygen atoms in total. The number of nitrogens with one attached hydrogen (secondary N) is 1. The van der Waals surface area contributed by atoms with Crippen LogP contribution in [0.5, 0.6) is 0 Å². The average molecular weight is 359 g/mol. The van der Waals surface area contributed by atoms with E-state index in [1.165, 1.54) is 27.8 Å². The van der Waals surface area contributed by atoms with Crippen LogP contribution in [0.4, 0.5) is 0 Å². The summed E-state index contributed by atoms with van der Waals surface area (Å²) in [6.07, 6.45) is 8.07. The zero-order chi connectivity index (χ0) is 17.6. The molecular weight excluding hydrogens is 334 g/mol. The molecule has 2 aliphatic carbocycles. The minimum atomic E-state index is -0.0823. The van der Waals surface area contributed by atoms with Gasteiger partial charge in [0.1, 0.15) is 11.4 Å². The van der Waals surface area contributed by atoms with Gasteiger partial charge in [0, 0.05) is 10.9 Å². The maximum Gasteiger partial charge on any atom is 0.262 e. The highest BCUT2D eigenvalue weighted by Crippen LogP contribution is 2.34. The van der Waals surface area contributed by atoms with Gasteiger partial charge in [-0.1, -0.05) is 26.7 Å². The van der Waals surface area contributed by atoms with E-state index >= 15 is 0 Å². The van der Waals surface area contributed by atoms with Crippen molar-refractivity contribution in [2.45, 2.75) is 65.0 Å². The van der Waals surface area contributed by atoms with Crippen molar-refractivity contribution in [3.8, 4) is 0 Å². The normalized spacial score (nSPS) is 25.9. The van der Waals surface area contributed by atoms with Crippen molar-refractivity contribution < 1.29 is 4.79 Å². The monoisotopic (exact) mass is 359 g/mol. The average Bonchev–Trinajstić information content (AvgIpc) is 3.15. The molecule has 6 heteroatoms. The molecule has 0 radical (unpaired) electrons. The molecule has 2 aromatic heterocycles. The summed E-state index contributed by atoms with van der Waals surface area (Å²) >= 11 is 1.63. The fourth-order valence-corrected chi connectivity index (χ4v) is 5.54. The zero-order valence-electron chi connectivity index (χ0n) is 14.9. The predicted octanol–water partition coefficient (Wildman–Crippen LogP) is 2.89. The maximum atomic E-state index is 12.8. The molecule has 2 heterocycles. The SMILES string of the molecule is C[C@@H]1[C@@H](C)CCC[C@H]1NC(=O)Cn1cnc2sc3c(c2c1=O)CCC3. The van der Waals surface area contributed by atoms with Gasteiger partial charge < -0.3 is 5.32 Å². The Morgan fingerprint density at radius 2 is 2.16 bits per heavy atom. The number of amides is 1. The minimum Gasteiger partial charge on any atom is -0.352 e. The van der Waals surface area contributed by atoms with Crippen LogP contribution in [0, 0.1) is 11.8 Å². The summed E-state index contributed by atoms with van der Waals surface area (Å²) < 4.78 is 1.47. The second-order valence-electron chi connectivity index (χ2n) is 7.66. The Bertz CT molecular complexity index is 869. The molecule has 2 aromatic rings. The molecule has 0 aliphatic heterocycles. The largest absolute Gasteiger partial charge is 0.352 e. The van der Waals surface area contributed by atoms with Crippen molar-refractivity contribution in [3.63, 3.8) is 0 Å². The van der Waals surface area contributed by atoms with Crippen LogP contribution in [0.3, 0.4) is 0 Å². The Balaban J connectivity index is 1.53. The van der Waals surface area contributed by atoms with Gasteiger partial charge in [-0.05, 0) is 43.1 Å². The lowest BCUT2D eigenvalue weighted by molar-refractivity contribution is -0.123. The number of rotatable bonds is 3. The van der Waals surface area contributed by atoms with Crippen LogP contribution < -0.4 is 10.9 Å². The predicted molar refractivity (Wildman–Crippen MR) is 100 cm³/mol. The van der Waals surface area contributed by atoms with E-state index in [2.05, 4.69) is 24.1 Å². The number of fused-ring (bicyclic) bond motifs is 3. The van der Waals surface area contributed by atoms with E-state index in [0.29, 0.717) is 11.8 Å². The standard InChI is InChI=1S/C19H25N3O2S/c1-11-5-3-7-14(12(11)2)21-16(23)9-22-10-20-18-17(19(22)24)13-6-4-8-15(13)25-18/h10-12,14H,3-9H2,1-2H3,(H,21,23)/t11-,12+,14+/m0/s1. The molecule has 1 amide bonds. The van der Waals surface area contributed by atoms with E-state index in [1.54, 1.807) is 11.3 Å². The Morgan fingerprint density at radius 3 is 3.00 bits per heavy atom. The third kappa shape index (κ3) is 3.01. The summed E-state index contributed by atoms with van der Waals surface area (Å²) in [6, 6.07) is 0.217. The van der Waals surface area contributed by atoms with Crippen LogP contribution in [-0.2, 0) is 24.2 Å². The molecule has 0 saturated heterocycles. The lowest BCUT2D eigenvalue weighted by atomic mass is 9.78. The zero-order valence-corrected chi connectivity index (χ0v) is 15.7. The molecule has 3 atom stereocenters. The molecule has 4 rings (SSSR count). The first-order chi connectivity index (χ1) is 12.0. The highest BCUT2D eigenvalue weighted by Gasteiger charge is 2.28. The van der Waals surface area contributed by atoms with E-state index in [9.17, 15) is 9.59 Å². The number of aryl methyl sites for hydroxylation is 2. The number of hydrogen-bond donors (Lipinski definition) is 1. The molecule has 0 aromatic carbocycles. The van der Waals surface area contributed by atoms with E-state index in [1.807, 2.05) is 0 Å². The third-order valence-corrected chi connectivity index (χ3v) is 7.26. The van der Waals surface area contributed by atoms with Crippen molar-refractivity contribution >= 4 is 27.5 Å². The summed E-state index contributed by atoms with van der Waals surface area (Å²) in [5.41, 5.74) is 1.10. The highest BCUT2D eigenvalue weighted by atomic mass is 32.1. The van der Waals surface area contributed by atoms with Gasteiger partial charge in [-0.25, -0.2) is 4.98 Å². The number of aromatic nitrogens is 2. The van der Waals surface area contributed by atoms with Crippen molar-refractivity contribution in [1.29, 1.82) is 0 Å². The third-order valence-electron chi connectivity index (χ3n) is 6.06. The lowest BCUT2D eigenvalue weighted by Gasteiger charge is -2.34. The second-order valence-corrected chi connectivity index (χ2v) is 8.74. The fourth-order valence-electron chi connectivity index (χ4n) is 4.32. The first-order valence-electron chi connectivity index (χ1n) is 9.33. The number of thiophene rings is 1. The summed E-state index contributed by atoms with van der Waals surface area (Å²) in [5, 5.41) is 3.89. The van der Waals surface area contributed by atoms with Gasteiger partial charge in [-0.15, -0.1) is 11.3 Å². The van der Waals surface area contributed by atoms with Crippen LogP contribution >= 0.6 is 11.3 Å². The lowest BCUT2D eigenvalue weighted by Crippen LogP contribution is -2.45. The Labute approximate surface area is 151 Å². The fraction of sp³-hybridized carbons (Fsp3) is 0.632. The van der Waals surface area contributed by atoms with Gasteiger partial charge in [-0.2, -0.15) is 0 Å². The molecule has 1 saturated carbocycles. The first-order valence-corrected chi connectivity index (χ1v) is 10.2. The molecule has 0 unspecified atom stereocenters. The van der Waals surface area contributed by atoms with E-state index in [0.717, 1.165) is 42.3 Å². The summed E-state index contributed by atoms with van der Waals surface area (Å²) in [6.45, 7) is 4.52. The van der Waals surface area contributed by atoms with Crippen LogP contribution in [0.15, 0.2) is 11.1 Å². The number of carbonyl (C=O) groups is 1. The topological polar surface area (TPSA) is 64.0 Å². The smallest absolute Gasteiger partial charge is 0.262 e. The number of nitrogens with zero attached hydrogens (tertiary/aromatic N) is 2. The Hall–Kier alpha value is -1.69. The van der Waals surface area contributed by atoms with Gasteiger partial charge >= 0.3 is 0 Å². The maximum absolute atomic E-state index is 12.8. The quantitative estimate of drug-likeness (QED) is 0.916. The summed E-state index contributed by atoms with van der Waals surface area (Å²) in [7, 11) is 0. The Morgan fingerprint density at radius 1 is 1.32 bits per heavy atom. The van der Waals surface area contributed by atoms with E-state index < -0.39 is 0 Å². The number of carbonyl (C=O) groups excluding carboxylic acids is 1. The van der Waals surface area contributed by atoms with Gasteiger partial charge in [0.05, 0.1) is 11.7 Å². The molecule has 2 aliphatic rings. The molecular formula is C19H25N3O2S. The summed E-state index contributed by atoms with van der Waals surface area (Å²) in [4.78, 5) is 31.9. The Kier molecular flexibility index (Phi) is 4.40. The molecule has 1 fully saturated rings. The van der Waals surface area contributed by atoms with Crippen LogP contribution in [0.1, 0.15) is 50.0 Å². The summed E-state index contributed by atoms with van der Waals surface area (Å²) in [5.74, 6) is 1.03. The van der Waals surface area contributed by atoms with Crippen LogP contribution in [0.25, 0.3) is 10.2 Å². The van der Waals surface area contributed by atoms with Crippen molar-refractivity contribution in [2.24, 2.45) is 11.8 Å². The van der Waals surface area contributed by atoms with Crippen LogP contribution in [0.2, 0.25) is 0 Å². The van der Waals surface area contributed by atoms with E-state index in [-0.39, 0.29) is 24.1 Å². The van der Waals surface area contributed by atoms with Crippen LogP contribution in [-0.4, -0.2) is 21.5 Å². The van der Waals surface area contributed by atoms with Gasteiger partial charge in [0.15, 0.2) is 0 Å². The molecule has 0 spiro atoms. The van der Waals surface area contributed by atoms with Gasteiger partial charge in [0.25, 0.3) is 5.56 Å². The van der Waals surface area contributed by atoms with Crippen molar-refractivity contribution in [3.05, 3.63) is 27.1 Å². The molecule has 0 bridgehead atoms. The minimum absolute atomic E-state index is 0.0595. The molecule has 134 valence electrons. The number of hydrogen-bond acceptors (Lipinski definition) is 4. The van der Waals surface area contributed by atoms with Gasteiger partial charge in [-0.3, -0.25) is 14.2 Å². The van der Waals surface area contributed by atoms with Crippen molar-refractivity contribution in [1.82, 2.24) is 14.9 Å². The second kappa shape index (κ2) is 6.56. The van der Waals surface area contributed by atoms with Crippen molar-refractivity contribution in [2.75, 3.05) is 0 Å². The van der Waals surface area contributed by atoms with Gasteiger partial charge in [0.2, 0.25) is 5.91 Å². The molecule has 25 heavy (non-hydrogen) atoms. The molecule has 1 N–H and O–H groups in total. The first kappa shape index (κ1) is 16.8.